The molecule has 1 saturated carbocycles. The lowest BCUT2D eigenvalue weighted by atomic mass is 9.97. The van der Waals surface area contributed by atoms with E-state index < -0.39 is 0 Å². The molecule has 1 fully saturated rings. The molecule has 1 amide bonds. The molecule has 5 heteroatoms. The second kappa shape index (κ2) is 7.24. The molecule has 1 aromatic rings. The van der Waals surface area contributed by atoms with E-state index in [4.69, 9.17) is 0 Å². The number of carbonyl (C=O) groups excluding carboxylic acids is 1. The van der Waals surface area contributed by atoms with E-state index in [1.807, 2.05) is 0 Å². The van der Waals surface area contributed by atoms with Crippen molar-refractivity contribution >= 4 is 5.91 Å². The minimum atomic E-state index is -0.0866. The first kappa shape index (κ1) is 14.8. The van der Waals surface area contributed by atoms with Crippen molar-refractivity contribution in [3.05, 3.63) is 34.7 Å². The number of aliphatic hydroxyl groups is 1. The van der Waals surface area contributed by atoms with Crippen LogP contribution in [0.2, 0.25) is 0 Å². The number of nitrogens with zero attached hydrogens (tertiary/aromatic N) is 1. The summed E-state index contributed by atoms with van der Waals surface area (Å²) in [6.45, 7) is 1.24. The van der Waals surface area contributed by atoms with Crippen molar-refractivity contribution in [2.75, 3.05) is 13.2 Å². The van der Waals surface area contributed by atoms with Crippen LogP contribution in [0, 0.1) is 11.8 Å². The smallest absolute Gasteiger partial charge is 0.250 e. The Balaban J connectivity index is 1.73. The van der Waals surface area contributed by atoms with Crippen molar-refractivity contribution in [1.29, 1.82) is 0 Å². The molecular formula is C15H22N2O3. The highest BCUT2D eigenvalue weighted by Crippen LogP contribution is 2.30. The summed E-state index contributed by atoms with van der Waals surface area (Å²) < 4.78 is 1.53. The number of hydrogen-bond acceptors (Lipinski definition) is 3. The Kier molecular flexibility index (Phi) is 5.35. The number of carbonyl (C=O) groups is 1. The normalized spacial score (nSPS) is 21.9. The largest absolute Gasteiger partial charge is 0.396 e. The Morgan fingerprint density at radius 3 is 2.90 bits per heavy atom. The number of amides is 1. The maximum atomic E-state index is 11.8. The van der Waals surface area contributed by atoms with Crippen molar-refractivity contribution < 1.29 is 9.90 Å². The topological polar surface area (TPSA) is 71.3 Å². The van der Waals surface area contributed by atoms with Crippen LogP contribution in [-0.4, -0.2) is 28.7 Å². The van der Waals surface area contributed by atoms with Crippen molar-refractivity contribution in [2.24, 2.45) is 11.8 Å². The number of aliphatic hydroxyl groups excluding tert-OH is 1. The van der Waals surface area contributed by atoms with Crippen LogP contribution in [0.25, 0.3) is 0 Å². The SMILES string of the molecule is O=C(CCn1ccccc1=O)NCC1CCCC1CO. The molecule has 2 rings (SSSR count). The lowest BCUT2D eigenvalue weighted by Crippen LogP contribution is -2.32. The molecule has 0 bridgehead atoms. The molecule has 0 spiro atoms. The Hall–Kier alpha value is -1.62. The van der Waals surface area contributed by atoms with Gasteiger partial charge in [-0.25, -0.2) is 0 Å². The number of rotatable bonds is 6. The van der Waals surface area contributed by atoms with Crippen LogP contribution in [0.15, 0.2) is 29.2 Å². The van der Waals surface area contributed by atoms with Crippen molar-refractivity contribution in [1.82, 2.24) is 9.88 Å². The summed E-state index contributed by atoms with van der Waals surface area (Å²) in [6, 6.07) is 4.96. The highest BCUT2D eigenvalue weighted by Gasteiger charge is 2.26. The molecule has 0 radical (unpaired) electrons. The fraction of sp³-hybridized carbons (Fsp3) is 0.600. The maximum absolute atomic E-state index is 11.8. The van der Waals surface area contributed by atoms with Crippen LogP contribution >= 0.6 is 0 Å². The summed E-state index contributed by atoms with van der Waals surface area (Å²) in [4.78, 5) is 23.3. The van der Waals surface area contributed by atoms with E-state index in [2.05, 4.69) is 5.32 Å². The van der Waals surface area contributed by atoms with Crippen molar-refractivity contribution in [2.45, 2.75) is 32.2 Å². The molecule has 110 valence electrons. The number of pyridine rings is 1. The van der Waals surface area contributed by atoms with Crippen LogP contribution in [-0.2, 0) is 11.3 Å². The first-order chi connectivity index (χ1) is 9.70. The second-order valence-corrected chi connectivity index (χ2v) is 5.42. The molecular weight excluding hydrogens is 256 g/mol. The zero-order valence-corrected chi connectivity index (χ0v) is 11.6. The Bertz CT molecular complexity index is 498. The molecule has 5 nitrogen and oxygen atoms in total. The minimum absolute atomic E-state index is 0.0376. The Morgan fingerprint density at radius 1 is 1.35 bits per heavy atom. The molecule has 2 atom stereocenters. The number of nitrogens with one attached hydrogen (secondary N) is 1. The summed E-state index contributed by atoms with van der Waals surface area (Å²) in [5.74, 6) is 0.680. The second-order valence-electron chi connectivity index (χ2n) is 5.42. The van der Waals surface area contributed by atoms with Gasteiger partial charge in [0.2, 0.25) is 5.91 Å². The van der Waals surface area contributed by atoms with Crippen LogP contribution in [0.3, 0.4) is 0 Å². The lowest BCUT2D eigenvalue weighted by Gasteiger charge is -2.17. The van der Waals surface area contributed by atoms with Gasteiger partial charge in [-0.15, -0.1) is 0 Å². The van der Waals surface area contributed by atoms with E-state index in [1.165, 1.54) is 10.6 Å². The lowest BCUT2D eigenvalue weighted by molar-refractivity contribution is -0.121. The van der Waals surface area contributed by atoms with E-state index in [9.17, 15) is 14.7 Å². The third-order valence-electron chi connectivity index (χ3n) is 4.09. The molecule has 1 heterocycles. The van der Waals surface area contributed by atoms with Gasteiger partial charge < -0.3 is 15.0 Å². The average Bonchev–Trinajstić information content (AvgIpc) is 2.91. The predicted molar refractivity (Wildman–Crippen MR) is 76.2 cm³/mol. The summed E-state index contributed by atoms with van der Waals surface area (Å²) in [5.41, 5.74) is -0.0866. The molecule has 1 aromatic heterocycles. The van der Waals surface area contributed by atoms with Crippen LogP contribution < -0.4 is 10.9 Å². The highest BCUT2D eigenvalue weighted by molar-refractivity contribution is 5.75. The zero-order valence-electron chi connectivity index (χ0n) is 11.6. The minimum Gasteiger partial charge on any atom is -0.396 e. The van der Waals surface area contributed by atoms with Crippen LogP contribution in [0.5, 0.6) is 0 Å². The van der Waals surface area contributed by atoms with Gasteiger partial charge in [-0.2, -0.15) is 0 Å². The van der Waals surface area contributed by atoms with Gasteiger partial charge in [0.05, 0.1) is 0 Å². The van der Waals surface area contributed by atoms with Crippen molar-refractivity contribution in [3.63, 3.8) is 0 Å². The fourth-order valence-electron chi connectivity index (χ4n) is 2.82. The predicted octanol–water partition coefficient (Wildman–Crippen LogP) is 0.763. The van der Waals surface area contributed by atoms with Gasteiger partial charge in [-0.1, -0.05) is 12.5 Å². The van der Waals surface area contributed by atoms with E-state index in [0.717, 1.165) is 19.3 Å². The van der Waals surface area contributed by atoms with Gasteiger partial charge in [-0.05, 0) is 30.7 Å². The Labute approximate surface area is 118 Å². The molecule has 1 aliphatic rings. The highest BCUT2D eigenvalue weighted by atomic mass is 16.3. The monoisotopic (exact) mass is 278 g/mol. The third kappa shape index (κ3) is 3.93. The summed E-state index contributed by atoms with van der Waals surface area (Å²) in [5, 5.41) is 12.1. The number of aryl methyl sites for hydroxylation is 1. The molecule has 0 aliphatic heterocycles. The zero-order chi connectivity index (χ0) is 14.4. The molecule has 20 heavy (non-hydrogen) atoms. The maximum Gasteiger partial charge on any atom is 0.250 e. The first-order valence-electron chi connectivity index (χ1n) is 7.23. The fourth-order valence-corrected chi connectivity index (χ4v) is 2.82. The first-order valence-corrected chi connectivity index (χ1v) is 7.23. The van der Waals surface area contributed by atoms with Gasteiger partial charge in [-0.3, -0.25) is 9.59 Å². The number of hydrogen-bond donors (Lipinski definition) is 2. The average molecular weight is 278 g/mol. The third-order valence-corrected chi connectivity index (χ3v) is 4.09. The summed E-state index contributed by atoms with van der Waals surface area (Å²) in [7, 11) is 0. The summed E-state index contributed by atoms with van der Waals surface area (Å²) in [6.07, 6.45) is 5.25. The van der Waals surface area contributed by atoms with E-state index in [1.54, 1.807) is 18.3 Å². The standard InChI is InChI=1S/C15H22N2O3/c18-11-13-5-3-4-12(13)10-16-14(19)7-9-17-8-2-1-6-15(17)20/h1-2,6,8,12-13,18H,3-5,7,9-11H2,(H,16,19). The molecule has 1 aliphatic carbocycles. The van der Waals surface area contributed by atoms with Crippen LogP contribution in [0.4, 0.5) is 0 Å². The summed E-state index contributed by atoms with van der Waals surface area (Å²) >= 11 is 0. The van der Waals surface area contributed by atoms with Gasteiger partial charge >= 0.3 is 0 Å². The molecule has 2 unspecified atom stereocenters. The Morgan fingerprint density at radius 2 is 2.15 bits per heavy atom. The van der Waals surface area contributed by atoms with Crippen LogP contribution in [0.1, 0.15) is 25.7 Å². The van der Waals surface area contributed by atoms with E-state index in [0.29, 0.717) is 31.3 Å². The molecule has 0 saturated heterocycles. The van der Waals surface area contributed by atoms with Gasteiger partial charge in [0.1, 0.15) is 0 Å². The van der Waals surface area contributed by atoms with Crippen molar-refractivity contribution in [3.8, 4) is 0 Å². The molecule has 0 aromatic carbocycles. The van der Waals surface area contributed by atoms with E-state index >= 15 is 0 Å². The van der Waals surface area contributed by atoms with E-state index in [-0.39, 0.29) is 18.1 Å². The van der Waals surface area contributed by atoms with Gasteiger partial charge in [0.25, 0.3) is 5.56 Å². The number of aromatic nitrogens is 1. The van der Waals surface area contributed by atoms with Gasteiger partial charge in [0, 0.05) is 38.4 Å². The quantitative estimate of drug-likeness (QED) is 0.807. The van der Waals surface area contributed by atoms with Gasteiger partial charge in [0.15, 0.2) is 0 Å². The molecule has 2 N–H and O–H groups in total.